The van der Waals surface area contributed by atoms with Crippen LogP contribution in [0.4, 0.5) is 0 Å². The van der Waals surface area contributed by atoms with E-state index in [9.17, 15) is 4.79 Å². The largest absolute Gasteiger partial charge is 0.492 e. The Morgan fingerprint density at radius 1 is 1.44 bits per heavy atom. The van der Waals surface area contributed by atoms with E-state index in [2.05, 4.69) is 5.10 Å². The lowest BCUT2D eigenvalue weighted by atomic mass is 10.2. The second-order valence-corrected chi connectivity index (χ2v) is 6.45. The smallest absolute Gasteiger partial charge is 0.276 e. The Morgan fingerprint density at radius 3 is 2.88 bits per heavy atom. The highest BCUT2D eigenvalue weighted by molar-refractivity contribution is 6.33. The van der Waals surface area contributed by atoms with Gasteiger partial charge in [-0.2, -0.15) is 5.10 Å². The molecule has 2 aromatic rings. The third-order valence-corrected chi connectivity index (χ3v) is 4.37. The van der Waals surface area contributed by atoms with Crippen LogP contribution in [0, 0.1) is 0 Å². The number of ether oxygens (including phenoxy) is 2. The van der Waals surface area contributed by atoms with Crippen LogP contribution in [-0.4, -0.2) is 53.0 Å². The Morgan fingerprint density at radius 2 is 2.24 bits per heavy atom. The molecule has 1 amide bonds. The van der Waals surface area contributed by atoms with Crippen LogP contribution in [0.15, 0.2) is 36.5 Å². The first kappa shape index (κ1) is 17.8. The summed E-state index contributed by atoms with van der Waals surface area (Å²) in [7, 11) is 1.74. The summed E-state index contributed by atoms with van der Waals surface area (Å²) in [5, 5.41) is 4.54. The number of rotatable bonds is 7. The molecule has 2 heterocycles. The van der Waals surface area contributed by atoms with Crippen molar-refractivity contribution in [2.24, 2.45) is 7.05 Å². The first-order valence-electron chi connectivity index (χ1n) is 8.41. The molecule has 1 aromatic heterocycles. The highest BCUT2D eigenvalue weighted by Crippen LogP contribution is 2.19. The van der Waals surface area contributed by atoms with Crippen molar-refractivity contribution in [1.29, 1.82) is 0 Å². The zero-order valence-corrected chi connectivity index (χ0v) is 15.0. The number of aryl methyl sites for hydroxylation is 1. The first-order chi connectivity index (χ1) is 12.1. The van der Waals surface area contributed by atoms with Crippen molar-refractivity contribution >= 4 is 17.5 Å². The summed E-state index contributed by atoms with van der Waals surface area (Å²) in [5.74, 6) is 0.584. The van der Waals surface area contributed by atoms with Crippen molar-refractivity contribution in [2.75, 3.05) is 26.3 Å². The van der Waals surface area contributed by atoms with E-state index in [-0.39, 0.29) is 17.7 Å². The number of hydrogen-bond acceptors (Lipinski definition) is 4. The maximum absolute atomic E-state index is 12.9. The number of carbonyl (C=O) groups excluding carboxylic acids is 1. The molecule has 3 rings (SSSR count). The molecule has 1 atom stereocenters. The van der Waals surface area contributed by atoms with E-state index in [1.54, 1.807) is 22.8 Å². The number of hydrogen-bond donors (Lipinski definition) is 0. The van der Waals surface area contributed by atoms with Crippen molar-refractivity contribution in [3.63, 3.8) is 0 Å². The van der Waals surface area contributed by atoms with Crippen molar-refractivity contribution in [3.8, 4) is 5.75 Å². The molecule has 134 valence electrons. The number of aromatic nitrogens is 2. The third-order valence-electron chi connectivity index (χ3n) is 4.10. The standard InChI is InChI=1S/C18H22ClN3O3/c1-21-13-16(19)17(20-21)18(23)22(12-15-8-5-10-24-15)9-11-25-14-6-3-2-4-7-14/h2-4,6-7,13,15H,5,8-12H2,1H3/t15-/m0/s1. The van der Waals surface area contributed by atoms with E-state index in [1.165, 1.54) is 0 Å². The molecule has 1 saturated heterocycles. The Kier molecular flexibility index (Phi) is 5.94. The molecule has 0 N–H and O–H groups in total. The molecule has 0 spiro atoms. The Labute approximate surface area is 152 Å². The summed E-state index contributed by atoms with van der Waals surface area (Å²) < 4.78 is 12.9. The van der Waals surface area contributed by atoms with Crippen LogP contribution in [-0.2, 0) is 11.8 Å². The fourth-order valence-electron chi connectivity index (χ4n) is 2.85. The van der Waals surface area contributed by atoms with E-state index in [4.69, 9.17) is 21.1 Å². The van der Waals surface area contributed by atoms with Crippen molar-refractivity contribution in [1.82, 2.24) is 14.7 Å². The highest BCUT2D eigenvalue weighted by Gasteiger charge is 2.26. The molecule has 25 heavy (non-hydrogen) atoms. The van der Waals surface area contributed by atoms with Gasteiger partial charge >= 0.3 is 0 Å². The van der Waals surface area contributed by atoms with Crippen LogP contribution in [0.3, 0.4) is 0 Å². The van der Waals surface area contributed by atoms with Gasteiger partial charge in [-0.15, -0.1) is 0 Å². The van der Waals surface area contributed by atoms with Gasteiger partial charge in [-0.1, -0.05) is 29.8 Å². The molecule has 0 radical (unpaired) electrons. The van der Waals surface area contributed by atoms with E-state index in [0.29, 0.717) is 24.7 Å². The minimum atomic E-state index is -0.197. The molecule has 1 aromatic carbocycles. The van der Waals surface area contributed by atoms with Crippen LogP contribution in [0.2, 0.25) is 5.02 Å². The number of carbonyl (C=O) groups is 1. The second kappa shape index (κ2) is 8.36. The van der Waals surface area contributed by atoms with Crippen LogP contribution < -0.4 is 4.74 Å². The van der Waals surface area contributed by atoms with Crippen LogP contribution >= 0.6 is 11.6 Å². The molecular formula is C18H22ClN3O3. The van der Waals surface area contributed by atoms with E-state index in [1.807, 2.05) is 30.3 Å². The quantitative estimate of drug-likeness (QED) is 0.759. The summed E-state index contributed by atoms with van der Waals surface area (Å²) in [5.41, 5.74) is 0.266. The SMILES string of the molecule is Cn1cc(Cl)c(C(=O)N(CCOc2ccccc2)C[C@@H]2CCCO2)n1. The van der Waals surface area contributed by atoms with Gasteiger partial charge in [-0.3, -0.25) is 9.48 Å². The predicted molar refractivity (Wildman–Crippen MR) is 95.0 cm³/mol. The maximum atomic E-state index is 12.9. The normalized spacial score (nSPS) is 16.8. The number of amides is 1. The van der Waals surface area contributed by atoms with Gasteiger partial charge in [0.2, 0.25) is 0 Å². The van der Waals surface area contributed by atoms with Crippen LogP contribution in [0.1, 0.15) is 23.3 Å². The van der Waals surface area contributed by atoms with Crippen LogP contribution in [0.25, 0.3) is 0 Å². The van der Waals surface area contributed by atoms with Crippen LogP contribution in [0.5, 0.6) is 5.75 Å². The minimum absolute atomic E-state index is 0.0585. The molecule has 1 aliphatic rings. The number of halogens is 1. The van der Waals surface area contributed by atoms with Gasteiger partial charge in [0.05, 0.1) is 17.7 Å². The average Bonchev–Trinajstić information content (AvgIpc) is 3.23. The molecular weight excluding hydrogens is 342 g/mol. The number of nitrogens with zero attached hydrogens (tertiary/aromatic N) is 3. The van der Waals surface area contributed by atoms with Gasteiger partial charge in [0, 0.05) is 26.4 Å². The van der Waals surface area contributed by atoms with E-state index in [0.717, 1.165) is 25.2 Å². The Balaban J connectivity index is 1.65. The molecule has 6 nitrogen and oxygen atoms in total. The van der Waals surface area contributed by atoms with Gasteiger partial charge in [-0.05, 0) is 25.0 Å². The molecule has 0 bridgehead atoms. The second-order valence-electron chi connectivity index (χ2n) is 6.05. The van der Waals surface area contributed by atoms with Gasteiger partial charge in [-0.25, -0.2) is 0 Å². The lowest BCUT2D eigenvalue weighted by molar-refractivity contribution is 0.0489. The zero-order chi connectivity index (χ0) is 17.6. The zero-order valence-electron chi connectivity index (χ0n) is 14.2. The summed E-state index contributed by atoms with van der Waals surface area (Å²) >= 11 is 6.14. The first-order valence-corrected chi connectivity index (χ1v) is 8.79. The Hall–Kier alpha value is -2.05. The summed E-state index contributed by atoms with van der Waals surface area (Å²) in [6.45, 7) is 2.11. The van der Waals surface area contributed by atoms with Gasteiger partial charge < -0.3 is 14.4 Å². The lowest BCUT2D eigenvalue weighted by Gasteiger charge is -2.25. The summed E-state index contributed by atoms with van der Waals surface area (Å²) in [6.07, 6.45) is 3.67. The molecule has 7 heteroatoms. The minimum Gasteiger partial charge on any atom is -0.492 e. The molecule has 0 unspecified atom stereocenters. The molecule has 0 aliphatic carbocycles. The van der Waals surface area contributed by atoms with Crippen molar-refractivity contribution in [2.45, 2.75) is 18.9 Å². The van der Waals surface area contributed by atoms with E-state index < -0.39 is 0 Å². The van der Waals surface area contributed by atoms with Gasteiger partial charge in [0.1, 0.15) is 12.4 Å². The maximum Gasteiger partial charge on any atom is 0.276 e. The predicted octanol–water partition coefficient (Wildman–Crippen LogP) is 2.77. The fraction of sp³-hybridized carbons (Fsp3) is 0.444. The fourth-order valence-corrected chi connectivity index (χ4v) is 3.11. The molecule has 1 aliphatic heterocycles. The number of para-hydroxylation sites is 1. The molecule has 1 fully saturated rings. The summed E-state index contributed by atoms with van der Waals surface area (Å²) in [6, 6.07) is 9.55. The lowest BCUT2D eigenvalue weighted by Crippen LogP contribution is -2.40. The van der Waals surface area contributed by atoms with Crippen molar-refractivity contribution < 1.29 is 14.3 Å². The monoisotopic (exact) mass is 363 g/mol. The van der Waals surface area contributed by atoms with Gasteiger partial charge in [0.25, 0.3) is 5.91 Å². The van der Waals surface area contributed by atoms with E-state index >= 15 is 0 Å². The average molecular weight is 364 g/mol. The summed E-state index contributed by atoms with van der Waals surface area (Å²) in [4.78, 5) is 14.6. The molecule has 0 saturated carbocycles. The third kappa shape index (κ3) is 4.74. The number of benzene rings is 1. The van der Waals surface area contributed by atoms with Crippen molar-refractivity contribution in [3.05, 3.63) is 47.2 Å². The highest BCUT2D eigenvalue weighted by atomic mass is 35.5. The topological polar surface area (TPSA) is 56.6 Å². The Bertz CT molecular complexity index is 699. The van der Waals surface area contributed by atoms with Gasteiger partial charge in [0.15, 0.2) is 5.69 Å².